The highest BCUT2D eigenvalue weighted by Gasteiger charge is 2.38. The predicted molar refractivity (Wildman–Crippen MR) is 98.0 cm³/mol. The van der Waals surface area contributed by atoms with Gasteiger partial charge < -0.3 is 21.1 Å². The summed E-state index contributed by atoms with van der Waals surface area (Å²) < 4.78 is 33.2. The first-order valence-corrected chi connectivity index (χ1v) is 8.33. The van der Waals surface area contributed by atoms with Crippen molar-refractivity contribution in [2.75, 3.05) is 6.54 Å². The predicted octanol–water partition coefficient (Wildman–Crippen LogP) is 2.88. The number of phenolic OH excluding ortho intramolecular Hbond substituents is 1. The number of halogens is 3. The number of hydrogen-bond donors (Lipinski definition) is 4. The standard InChI is InChI=1S/C16H17N3O3.C2HF3O2/c1-9-7-10-8-11(20)3-4-12(10)14-13(9)15(16(21)22)19(18-14)6-2-5-17;3-2(4,5)1(6)7/h3-4,7-8,20H,2,5-6,17H2,1H3,(H,21,22);(H,6,7). The van der Waals surface area contributed by atoms with Gasteiger partial charge in [0.15, 0.2) is 5.69 Å². The van der Waals surface area contributed by atoms with Crippen molar-refractivity contribution in [2.45, 2.75) is 26.1 Å². The number of alkyl halides is 3. The van der Waals surface area contributed by atoms with Gasteiger partial charge in [0.05, 0.1) is 0 Å². The van der Waals surface area contributed by atoms with E-state index in [0.29, 0.717) is 30.4 Å². The summed E-state index contributed by atoms with van der Waals surface area (Å²) in [7, 11) is 0. The highest BCUT2D eigenvalue weighted by Crippen LogP contribution is 2.32. The molecule has 1 heterocycles. The lowest BCUT2D eigenvalue weighted by atomic mass is 10.0. The zero-order chi connectivity index (χ0) is 21.9. The minimum atomic E-state index is -5.08. The molecule has 0 atom stereocenters. The smallest absolute Gasteiger partial charge is 0.490 e. The Balaban J connectivity index is 0.000000370. The highest BCUT2D eigenvalue weighted by atomic mass is 19.4. The number of aryl methyl sites for hydroxylation is 2. The Labute approximate surface area is 162 Å². The molecule has 8 nitrogen and oxygen atoms in total. The van der Waals surface area contributed by atoms with Gasteiger partial charge in [-0.2, -0.15) is 18.3 Å². The summed E-state index contributed by atoms with van der Waals surface area (Å²) in [6.45, 7) is 2.79. The summed E-state index contributed by atoms with van der Waals surface area (Å²) in [6.07, 6.45) is -4.42. The summed E-state index contributed by atoms with van der Waals surface area (Å²) in [6, 6.07) is 6.87. The molecule has 5 N–H and O–H groups in total. The van der Waals surface area contributed by atoms with Crippen LogP contribution in [0.5, 0.6) is 5.75 Å². The van der Waals surface area contributed by atoms with Gasteiger partial charge in [-0.05, 0) is 49.0 Å². The van der Waals surface area contributed by atoms with Crippen LogP contribution in [0.4, 0.5) is 13.2 Å². The number of rotatable bonds is 4. The molecule has 0 saturated heterocycles. The summed E-state index contributed by atoms with van der Waals surface area (Å²) in [4.78, 5) is 20.6. The van der Waals surface area contributed by atoms with Gasteiger partial charge in [0.25, 0.3) is 0 Å². The molecule has 0 saturated carbocycles. The Morgan fingerprint density at radius 1 is 1.21 bits per heavy atom. The van der Waals surface area contributed by atoms with Crippen LogP contribution in [-0.4, -0.2) is 49.8 Å². The second-order valence-electron chi connectivity index (χ2n) is 6.14. The summed E-state index contributed by atoms with van der Waals surface area (Å²) in [5, 5.41) is 33.1. The zero-order valence-corrected chi connectivity index (χ0v) is 15.2. The van der Waals surface area contributed by atoms with E-state index in [1.54, 1.807) is 18.2 Å². The molecular weight excluding hydrogens is 395 g/mol. The monoisotopic (exact) mass is 413 g/mol. The molecule has 156 valence electrons. The van der Waals surface area contributed by atoms with Crippen LogP contribution in [-0.2, 0) is 11.3 Å². The number of nitrogens with two attached hydrogens (primary N) is 1. The Morgan fingerprint density at radius 2 is 1.83 bits per heavy atom. The zero-order valence-electron chi connectivity index (χ0n) is 15.2. The third-order valence-corrected chi connectivity index (χ3v) is 4.03. The lowest BCUT2D eigenvalue weighted by Gasteiger charge is -2.04. The first-order valence-electron chi connectivity index (χ1n) is 8.33. The van der Waals surface area contributed by atoms with Crippen LogP contribution in [0, 0.1) is 6.92 Å². The maximum Gasteiger partial charge on any atom is 0.490 e. The van der Waals surface area contributed by atoms with E-state index in [4.69, 9.17) is 15.6 Å². The fourth-order valence-corrected chi connectivity index (χ4v) is 2.83. The van der Waals surface area contributed by atoms with E-state index in [9.17, 15) is 28.2 Å². The maximum absolute atomic E-state index is 11.7. The number of aromatic hydroxyl groups is 1. The van der Waals surface area contributed by atoms with Crippen LogP contribution in [0.15, 0.2) is 24.3 Å². The minimum Gasteiger partial charge on any atom is -0.508 e. The molecule has 3 aromatic rings. The van der Waals surface area contributed by atoms with Crippen molar-refractivity contribution in [2.24, 2.45) is 5.73 Å². The van der Waals surface area contributed by atoms with Gasteiger partial charge in [0, 0.05) is 17.3 Å². The molecular formula is C18H18F3N3O5. The molecule has 0 spiro atoms. The molecule has 29 heavy (non-hydrogen) atoms. The molecule has 2 aromatic carbocycles. The van der Waals surface area contributed by atoms with Gasteiger partial charge in [-0.15, -0.1) is 0 Å². The molecule has 0 amide bonds. The van der Waals surface area contributed by atoms with Gasteiger partial charge in [0.1, 0.15) is 11.3 Å². The van der Waals surface area contributed by atoms with Gasteiger partial charge in [-0.1, -0.05) is 6.07 Å². The van der Waals surface area contributed by atoms with Crippen LogP contribution in [0.25, 0.3) is 21.7 Å². The molecule has 0 unspecified atom stereocenters. The number of phenols is 1. The van der Waals surface area contributed by atoms with E-state index in [1.165, 1.54) is 4.68 Å². The largest absolute Gasteiger partial charge is 0.508 e. The van der Waals surface area contributed by atoms with Crippen molar-refractivity contribution < 1.29 is 38.1 Å². The highest BCUT2D eigenvalue weighted by molar-refractivity contribution is 6.13. The third kappa shape index (κ3) is 4.74. The molecule has 0 radical (unpaired) electrons. The molecule has 0 aliphatic rings. The number of nitrogens with zero attached hydrogens (tertiary/aromatic N) is 2. The van der Waals surface area contributed by atoms with Crippen molar-refractivity contribution in [1.29, 1.82) is 0 Å². The fourth-order valence-electron chi connectivity index (χ4n) is 2.83. The molecule has 0 fully saturated rings. The second-order valence-corrected chi connectivity index (χ2v) is 6.14. The van der Waals surface area contributed by atoms with Crippen molar-refractivity contribution in [3.63, 3.8) is 0 Å². The molecule has 3 rings (SSSR count). The second kappa shape index (κ2) is 8.35. The van der Waals surface area contributed by atoms with Crippen LogP contribution in [0.3, 0.4) is 0 Å². The SMILES string of the molecule is Cc1cc2cc(O)ccc2c2nn(CCCN)c(C(=O)O)c12.O=C(O)C(F)(F)F. The van der Waals surface area contributed by atoms with Crippen LogP contribution in [0.1, 0.15) is 22.5 Å². The number of fused-ring (bicyclic) bond motifs is 3. The van der Waals surface area contributed by atoms with E-state index in [1.807, 2.05) is 13.0 Å². The van der Waals surface area contributed by atoms with Crippen LogP contribution in [0.2, 0.25) is 0 Å². The normalized spacial score (nSPS) is 11.3. The van der Waals surface area contributed by atoms with Crippen molar-refractivity contribution in [3.8, 4) is 5.75 Å². The summed E-state index contributed by atoms with van der Waals surface area (Å²) in [5.41, 5.74) is 7.17. The van der Waals surface area contributed by atoms with Crippen LogP contribution < -0.4 is 5.73 Å². The van der Waals surface area contributed by atoms with Crippen molar-refractivity contribution in [1.82, 2.24) is 9.78 Å². The maximum atomic E-state index is 11.7. The summed E-state index contributed by atoms with van der Waals surface area (Å²) >= 11 is 0. The molecule has 0 aliphatic carbocycles. The van der Waals surface area contributed by atoms with E-state index in [2.05, 4.69) is 5.10 Å². The third-order valence-electron chi connectivity index (χ3n) is 4.03. The number of carboxylic acids is 2. The first kappa shape index (κ1) is 22.0. The number of hydrogen-bond acceptors (Lipinski definition) is 5. The lowest BCUT2D eigenvalue weighted by Crippen LogP contribution is -2.21. The number of aromatic nitrogens is 2. The topological polar surface area (TPSA) is 139 Å². The van der Waals surface area contributed by atoms with Gasteiger partial charge >= 0.3 is 18.1 Å². The van der Waals surface area contributed by atoms with E-state index >= 15 is 0 Å². The van der Waals surface area contributed by atoms with Gasteiger partial charge in [-0.3, -0.25) is 4.68 Å². The lowest BCUT2D eigenvalue weighted by molar-refractivity contribution is -0.192. The van der Waals surface area contributed by atoms with E-state index < -0.39 is 18.1 Å². The Morgan fingerprint density at radius 3 is 2.34 bits per heavy atom. The first-order chi connectivity index (χ1) is 13.5. The van der Waals surface area contributed by atoms with E-state index in [-0.39, 0.29) is 11.4 Å². The molecule has 0 bridgehead atoms. The minimum absolute atomic E-state index is 0.173. The molecule has 0 aliphatic heterocycles. The number of benzene rings is 2. The Bertz CT molecular complexity index is 1080. The average Bonchev–Trinajstić information content (AvgIpc) is 2.99. The van der Waals surface area contributed by atoms with Gasteiger partial charge in [0.2, 0.25) is 0 Å². The van der Waals surface area contributed by atoms with Crippen molar-refractivity contribution >= 4 is 33.6 Å². The number of carbonyl (C=O) groups is 2. The number of aliphatic carboxylic acids is 1. The van der Waals surface area contributed by atoms with Crippen molar-refractivity contribution in [3.05, 3.63) is 35.5 Å². The summed E-state index contributed by atoms with van der Waals surface area (Å²) in [5.74, 6) is -3.58. The quantitative estimate of drug-likeness (QED) is 0.516. The molecule has 1 aromatic heterocycles. The average molecular weight is 413 g/mol. The fraction of sp³-hybridized carbons (Fsp3) is 0.278. The Hall–Kier alpha value is -3.34. The number of aromatic carboxylic acids is 1. The Kier molecular flexibility index (Phi) is 6.32. The molecule has 11 heteroatoms. The van der Waals surface area contributed by atoms with E-state index in [0.717, 1.165) is 16.3 Å². The van der Waals surface area contributed by atoms with Gasteiger partial charge in [-0.25, -0.2) is 9.59 Å². The van der Waals surface area contributed by atoms with Crippen LogP contribution >= 0.6 is 0 Å². The number of carboxylic acid groups (broad SMARTS) is 2.